The molecule has 0 atom stereocenters. The summed E-state index contributed by atoms with van der Waals surface area (Å²) in [4.78, 5) is 34.4. The van der Waals surface area contributed by atoms with E-state index in [2.05, 4.69) is 36.1 Å². The Bertz CT molecular complexity index is 1190. The molecule has 0 radical (unpaired) electrons. The number of rotatable bonds is 10. The molecule has 2 aliphatic heterocycles. The van der Waals surface area contributed by atoms with Gasteiger partial charge in [0.05, 0.1) is 56.7 Å². The summed E-state index contributed by atoms with van der Waals surface area (Å²) in [6.07, 6.45) is 1.62. The molecule has 2 aromatic heterocycles. The molecule has 0 aliphatic carbocycles. The molecule has 4 heterocycles. The predicted octanol–water partition coefficient (Wildman–Crippen LogP) is -2.88. The maximum Gasteiger partial charge on any atom is 1.00 e. The molecule has 2 saturated heterocycles. The van der Waals surface area contributed by atoms with Crippen molar-refractivity contribution in [2.45, 2.75) is 86.4 Å². The summed E-state index contributed by atoms with van der Waals surface area (Å²) in [5, 5.41) is 20.4. The topological polar surface area (TPSA) is 185 Å². The standard InChI is InChI=1S/C14H22N2O4.C8H12N2O2.C6H11BrO2.CH2O3.2Cs.H/c1-5-18-13(17)12-10(2)15-16(11(12)3)7-6-14(4)19-8-9-20-14;1-4-12-8(11)7-5(2)9-10-6(7)3;1-6(2-3-7)8-4-5-9-6;2-1-4-3;;;/h5-9H2,1-4H3;4H2,1-3H3,(H,9,10);2-5H2,1H3;1,3H;;;/q;;;;2*+1;-1/p-1. The normalized spacial score (nSPS) is 15.1. The second kappa shape index (κ2) is 26.9. The zero-order chi connectivity index (χ0) is 34.0. The van der Waals surface area contributed by atoms with E-state index in [1.807, 2.05) is 32.4 Å². The maximum absolute atomic E-state index is 11.9. The van der Waals surface area contributed by atoms with Gasteiger partial charge in [-0.3, -0.25) is 14.6 Å². The number of halogens is 1. The fraction of sp³-hybridized carbons (Fsp3) is 0.690. The third kappa shape index (κ3) is 18.0. The Labute approximate surface area is 404 Å². The van der Waals surface area contributed by atoms with Gasteiger partial charge in [0.2, 0.25) is 0 Å². The van der Waals surface area contributed by atoms with Crippen LogP contribution in [0.1, 0.15) is 85.5 Å². The molecule has 2 aliphatic rings. The molecule has 0 aromatic carbocycles. The van der Waals surface area contributed by atoms with Crippen LogP contribution in [0.25, 0.3) is 0 Å². The zero-order valence-electron chi connectivity index (χ0n) is 30.4. The molecule has 2 fully saturated rings. The number of alkyl halides is 1. The minimum absolute atomic E-state index is 0. The SMILES string of the molecule is CC1(CCBr)OCCO1.CCOC(=O)c1c(C)n[nH]c1C.CCOC(=O)c1c(C)nn(CCC2(C)OCCO2)c1C.O=CO[O-].[Cs+].[Cs+].[H-]. The summed E-state index contributed by atoms with van der Waals surface area (Å²) >= 11 is 3.33. The first-order chi connectivity index (χ1) is 21.3. The second-order valence-electron chi connectivity index (χ2n) is 10.1. The molecule has 2 aromatic rings. The Morgan fingerprint density at radius 3 is 1.74 bits per heavy atom. The van der Waals surface area contributed by atoms with Crippen LogP contribution in [0.2, 0.25) is 0 Å². The molecular weight excluding hydrogens is 926 g/mol. The number of aromatic amines is 1. The van der Waals surface area contributed by atoms with Crippen molar-refractivity contribution in [3.05, 3.63) is 33.9 Å². The van der Waals surface area contributed by atoms with E-state index in [-0.39, 0.29) is 163 Å². The average Bonchev–Trinajstić information content (AvgIpc) is 3.77. The Morgan fingerprint density at radius 1 is 0.915 bits per heavy atom. The van der Waals surface area contributed by atoms with Crippen LogP contribution in [0.15, 0.2) is 0 Å². The minimum atomic E-state index is -0.545. The third-order valence-electron chi connectivity index (χ3n) is 6.63. The summed E-state index contributed by atoms with van der Waals surface area (Å²) in [6, 6.07) is 0. The van der Waals surface area contributed by atoms with Gasteiger partial charge in [-0.25, -0.2) is 9.59 Å². The predicted molar refractivity (Wildman–Crippen MR) is 164 cm³/mol. The first-order valence-corrected chi connectivity index (χ1v) is 15.7. The van der Waals surface area contributed by atoms with Crippen LogP contribution in [0, 0.1) is 27.7 Å². The Morgan fingerprint density at radius 2 is 1.36 bits per heavy atom. The molecule has 47 heavy (non-hydrogen) atoms. The summed E-state index contributed by atoms with van der Waals surface area (Å²) in [6.45, 7) is 18.7. The van der Waals surface area contributed by atoms with E-state index < -0.39 is 5.79 Å². The number of H-pyrrole nitrogens is 1. The van der Waals surface area contributed by atoms with Gasteiger partial charge in [0.1, 0.15) is 11.1 Å². The van der Waals surface area contributed by atoms with Gasteiger partial charge in [-0.2, -0.15) is 10.2 Å². The van der Waals surface area contributed by atoms with Gasteiger partial charge in [0.15, 0.2) is 11.6 Å². The Balaban J connectivity index is -0.000000622. The van der Waals surface area contributed by atoms with Gasteiger partial charge < -0.3 is 40.0 Å². The first kappa shape index (κ1) is 50.3. The fourth-order valence-electron chi connectivity index (χ4n) is 4.35. The quantitative estimate of drug-likeness (QED) is 0.0844. The molecule has 1 N–H and O–H groups in total. The van der Waals surface area contributed by atoms with Crippen molar-refractivity contribution in [1.82, 2.24) is 20.0 Å². The van der Waals surface area contributed by atoms with Gasteiger partial charge in [-0.05, 0) is 55.4 Å². The number of esters is 2. The van der Waals surface area contributed by atoms with Gasteiger partial charge in [-0.15, -0.1) is 0 Å². The van der Waals surface area contributed by atoms with Gasteiger partial charge in [0, 0.05) is 30.4 Å². The van der Waals surface area contributed by atoms with Crippen molar-refractivity contribution in [2.75, 3.05) is 45.0 Å². The van der Waals surface area contributed by atoms with Crippen LogP contribution >= 0.6 is 15.9 Å². The van der Waals surface area contributed by atoms with E-state index >= 15 is 0 Å². The zero-order valence-corrected chi connectivity index (χ0v) is 43.5. The smallest absolute Gasteiger partial charge is 1.00 e. The fourth-order valence-corrected chi connectivity index (χ4v) is 5.07. The number of hydrogen-bond acceptors (Lipinski definition) is 13. The molecular formula is C29H47BrCs2N4O11. The van der Waals surface area contributed by atoms with Crippen molar-refractivity contribution >= 4 is 34.3 Å². The molecule has 15 nitrogen and oxygen atoms in total. The Hall–Kier alpha value is 1.21. The van der Waals surface area contributed by atoms with Gasteiger partial charge in [-0.1, -0.05) is 15.9 Å². The van der Waals surface area contributed by atoms with Crippen molar-refractivity contribution in [3.8, 4) is 0 Å². The number of nitrogens with zero attached hydrogens (tertiary/aromatic N) is 3. The van der Waals surface area contributed by atoms with Crippen LogP contribution in [0.4, 0.5) is 0 Å². The van der Waals surface area contributed by atoms with Crippen LogP contribution in [-0.2, 0) is 44.6 Å². The van der Waals surface area contributed by atoms with Crippen LogP contribution in [-0.4, -0.2) is 94.9 Å². The molecule has 0 amide bonds. The summed E-state index contributed by atoms with van der Waals surface area (Å²) in [7, 11) is 0. The summed E-state index contributed by atoms with van der Waals surface area (Å²) < 4.78 is 33.5. The molecule has 258 valence electrons. The van der Waals surface area contributed by atoms with Crippen LogP contribution < -0.4 is 143 Å². The number of ether oxygens (including phenoxy) is 6. The molecule has 4 rings (SSSR count). The van der Waals surface area contributed by atoms with E-state index in [1.54, 1.807) is 27.7 Å². The molecule has 0 spiro atoms. The molecule has 0 bridgehead atoms. The monoisotopic (exact) mass is 972 g/mol. The van der Waals surface area contributed by atoms with Crippen LogP contribution in [0.5, 0.6) is 0 Å². The Kier molecular flexibility index (Phi) is 28.8. The molecule has 0 saturated carbocycles. The molecule has 18 heteroatoms. The first-order valence-electron chi connectivity index (χ1n) is 14.6. The number of nitrogens with one attached hydrogen (secondary N) is 1. The van der Waals surface area contributed by atoms with Gasteiger partial charge in [0.25, 0.3) is 6.47 Å². The van der Waals surface area contributed by atoms with Gasteiger partial charge >= 0.3 is 150 Å². The molecule has 0 unspecified atom stereocenters. The van der Waals surface area contributed by atoms with Crippen molar-refractivity contribution in [2.24, 2.45) is 0 Å². The number of aromatic nitrogens is 4. The maximum atomic E-state index is 11.9. The third-order valence-corrected chi connectivity index (χ3v) is 7.03. The summed E-state index contributed by atoms with van der Waals surface area (Å²) in [5.41, 5.74) is 4.07. The number of carbonyl (C=O) groups is 3. The van der Waals surface area contributed by atoms with Crippen molar-refractivity contribution in [3.63, 3.8) is 0 Å². The number of carbonyl (C=O) groups excluding carboxylic acids is 3. The second-order valence-corrected chi connectivity index (χ2v) is 10.9. The van der Waals surface area contributed by atoms with Crippen LogP contribution in [0.3, 0.4) is 0 Å². The van der Waals surface area contributed by atoms with E-state index in [9.17, 15) is 9.59 Å². The van der Waals surface area contributed by atoms with E-state index in [0.29, 0.717) is 61.9 Å². The number of hydrogen-bond donors (Lipinski definition) is 1. The van der Waals surface area contributed by atoms with E-state index in [4.69, 9.17) is 38.5 Å². The van der Waals surface area contributed by atoms with E-state index in [0.717, 1.165) is 36.4 Å². The largest absolute Gasteiger partial charge is 1.00 e. The van der Waals surface area contributed by atoms with E-state index in [1.165, 1.54) is 0 Å². The minimum Gasteiger partial charge on any atom is -1.00 e. The van der Waals surface area contributed by atoms with Crippen molar-refractivity contribution in [1.29, 1.82) is 0 Å². The van der Waals surface area contributed by atoms with Crippen molar-refractivity contribution < 1.29 is 192 Å². The average molecular weight is 973 g/mol. The number of aryl methyl sites for hydroxylation is 4. The summed E-state index contributed by atoms with van der Waals surface area (Å²) in [5.74, 6) is -1.46.